The van der Waals surface area contributed by atoms with Gasteiger partial charge in [0.25, 0.3) is 0 Å². The van der Waals surface area contributed by atoms with Crippen molar-refractivity contribution in [2.75, 3.05) is 39.3 Å². The summed E-state index contributed by atoms with van der Waals surface area (Å²) in [7, 11) is 0. The van der Waals surface area contributed by atoms with E-state index in [1.165, 1.54) is 0 Å². The van der Waals surface area contributed by atoms with Crippen LogP contribution in [0.5, 0.6) is 0 Å². The van der Waals surface area contributed by atoms with Crippen molar-refractivity contribution in [2.45, 2.75) is 18.4 Å². The highest BCUT2D eigenvalue weighted by molar-refractivity contribution is 5.13. The molecule has 2 rings (SSSR count). The average molecular weight is 194 g/mol. The van der Waals surface area contributed by atoms with E-state index in [-0.39, 0.29) is 5.54 Å². The molecule has 1 atom stereocenters. The van der Waals surface area contributed by atoms with E-state index in [0.29, 0.717) is 0 Å². The van der Waals surface area contributed by atoms with Crippen molar-refractivity contribution < 1.29 is 0 Å². The molecule has 2 aliphatic heterocycles. The Bertz CT molecular complexity index is 219. The van der Waals surface area contributed by atoms with E-state index >= 15 is 0 Å². The van der Waals surface area contributed by atoms with Crippen LogP contribution in [-0.2, 0) is 0 Å². The fraction of sp³-hybridized carbons (Fsp3) is 0.900. The van der Waals surface area contributed by atoms with E-state index in [1.807, 2.05) is 0 Å². The second kappa shape index (κ2) is 4.26. The van der Waals surface area contributed by atoms with Crippen molar-refractivity contribution in [3.05, 3.63) is 0 Å². The third kappa shape index (κ3) is 1.76. The monoisotopic (exact) mass is 194 g/mol. The lowest BCUT2D eigenvalue weighted by Crippen LogP contribution is -2.50. The van der Waals surface area contributed by atoms with Gasteiger partial charge in [-0.15, -0.1) is 0 Å². The lowest BCUT2D eigenvalue weighted by molar-refractivity contribution is 0.163. The summed E-state index contributed by atoms with van der Waals surface area (Å²) in [6.07, 6.45) is 2.13. The highest BCUT2D eigenvalue weighted by Gasteiger charge is 2.39. The topological polar surface area (TPSA) is 51.1 Å². The van der Waals surface area contributed by atoms with Crippen LogP contribution in [0.15, 0.2) is 0 Å². The minimum absolute atomic E-state index is 0.216. The summed E-state index contributed by atoms with van der Waals surface area (Å²) in [6, 6.07) is 2.51. The van der Waals surface area contributed by atoms with Crippen LogP contribution in [0.25, 0.3) is 0 Å². The Morgan fingerprint density at radius 2 is 2.07 bits per heavy atom. The zero-order chi connectivity index (χ0) is 9.86. The van der Waals surface area contributed by atoms with Gasteiger partial charge in [0.15, 0.2) is 0 Å². The number of rotatable bonds is 1. The summed E-state index contributed by atoms with van der Waals surface area (Å²) in [5.41, 5.74) is -0.216. The van der Waals surface area contributed by atoms with Gasteiger partial charge >= 0.3 is 0 Å². The molecule has 78 valence electrons. The Kier molecular flexibility index (Phi) is 3.02. The number of hydrogen-bond acceptors (Lipinski definition) is 4. The van der Waals surface area contributed by atoms with Crippen molar-refractivity contribution in [3.8, 4) is 6.07 Å². The van der Waals surface area contributed by atoms with Gasteiger partial charge in [0.05, 0.1) is 6.07 Å². The second-order valence-electron chi connectivity index (χ2n) is 4.16. The Morgan fingerprint density at radius 1 is 1.14 bits per heavy atom. The first kappa shape index (κ1) is 9.91. The number of hydrogen-bond donors (Lipinski definition) is 2. The van der Waals surface area contributed by atoms with Gasteiger partial charge in [-0.2, -0.15) is 5.26 Å². The van der Waals surface area contributed by atoms with Gasteiger partial charge in [0, 0.05) is 26.2 Å². The van der Waals surface area contributed by atoms with Crippen LogP contribution in [0, 0.1) is 11.3 Å². The van der Waals surface area contributed by atoms with E-state index in [4.69, 9.17) is 0 Å². The summed E-state index contributed by atoms with van der Waals surface area (Å²) >= 11 is 0. The molecule has 4 nitrogen and oxygen atoms in total. The lowest BCUT2D eigenvalue weighted by Gasteiger charge is -2.33. The molecule has 4 heteroatoms. The second-order valence-corrected chi connectivity index (χ2v) is 4.16. The van der Waals surface area contributed by atoms with Crippen molar-refractivity contribution in [3.63, 3.8) is 0 Å². The molecule has 2 fully saturated rings. The lowest BCUT2D eigenvalue weighted by atomic mass is 9.98. The normalized spacial score (nSPS) is 35.1. The molecule has 2 N–H and O–H groups in total. The van der Waals surface area contributed by atoms with Gasteiger partial charge in [0.2, 0.25) is 0 Å². The van der Waals surface area contributed by atoms with E-state index in [1.54, 1.807) is 0 Å². The first-order valence-corrected chi connectivity index (χ1v) is 5.45. The smallest absolute Gasteiger partial charge is 0.123 e. The summed E-state index contributed by atoms with van der Waals surface area (Å²) < 4.78 is 0. The van der Waals surface area contributed by atoms with Gasteiger partial charge in [-0.05, 0) is 25.9 Å². The molecular weight excluding hydrogens is 176 g/mol. The summed E-state index contributed by atoms with van der Waals surface area (Å²) in [4.78, 5) is 2.35. The molecule has 2 saturated heterocycles. The van der Waals surface area contributed by atoms with Crippen LogP contribution in [0.4, 0.5) is 0 Å². The Hall–Kier alpha value is -0.630. The fourth-order valence-electron chi connectivity index (χ4n) is 2.39. The van der Waals surface area contributed by atoms with Gasteiger partial charge < -0.3 is 10.6 Å². The van der Waals surface area contributed by atoms with Gasteiger partial charge in [-0.25, -0.2) is 0 Å². The zero-order valence-electron chi connectivity index (χ0n) is 8.55. The van der Waals surface area contributed by atoms with Gasteiger partial charge in [0.1, 0.15) is 5.54 Å². The Labute approximate surface area is 85.3 Å². The van der Waals surface area contributed by atoms with E-state index < -0.39 is 0 Å². The maximum atomic E-state index is 9.31. The molecule has 2 heterocycles. The van der Waals surface area contributed by atoms with Crippen LogP contribution in [0.3, 0.4) is 0 Å². The van der Waals surface area contributed by atoms with Crippen LogP contribution in [0.2, 0.25) is 0 Å². The van der Waals surface area contributed by atoms with Gasteiger partial charge in [-0.1, -0.05) is 0 Å². The van der Waals surface area contributed by atoms with E-state index in [2.05, 4.69) is 21.6 Å². The van der Waals surface area contributed by atoms with Crippen molar-refractivity contribution in [1.29, 1.82) is 5.26 Å². The third-order valence-electron chi connectivity index (χ3n) is 3.29. The fourth-order valence-corrected chi connectivity index (χ4v) is 2.39. The highest BCUT2D eigenvalue weighted by atomic mass is 15.3. The van der Waals surface area contributed by atoms with Crippen LogP contribution < -0.4 is 10.6 Å². The standard InChI is InChI=1S/C10H18N4/c11-8-10(2-4-13-9-10)14-6-1-3-12-5-7-14/h12-13H,1-7,9H2. The maximum Gasteiger partial charge on any atom is 0.123 e. The first-order valence-electron chi connectivity index (χ1n) is 5.45. The molecular formula is C10H18N4. The molecule has 0 bridgehead atoms. The van der Waals surface area contributed by atoms with E-state index in [9.17, 15) is 5.26 Å². The van der Waals surface area contributed by atoms with E-state index in [0.717, 1.165) is 52.1 Å². The van der Waals surface area contributed by atoms with Crippen LogP contribution in [-0.4, -0.2) is 49.7 Å². The molecule has 0 aromatic heterocycles. The summed E-state index contributed by atoms with van der Waals surface area (Å²) in [5.74, 6) is 0. The largest absolute Gasteiger partial charge is 0.315 e. The van der Waals surface area contributed by atoms with Gasteiger partial charge in [-0.3, -0.25) is 4.90 Å². The molecule has 0 saturated carbocycles. The maximum absolute atomic E-state index is 9.31. The van der Waals surface area contributed by atoms with Crippen molar-refractivity contribution in [1.82, 2.24) is 15.5 Å². The molecule has 0 aliphatic carbocycles. The minimum atomic E-state index is -0.216. The molecule has 2 aliphatic rings. The first-order chi connectivity index (χ1) is 6.87. The van der Waals surface area contributed by atoms with Crippen molar-refractivity contribution >= 4 is 0 Å². The number of nitriles is 1. The highest BCUT2D eigenvalue weighted by Crippen LogP contribution is 2.22. The molecule has 14 heavy (non-hydrogen) atoms. The van der Waals surface area contributed by atoms with Crippen molar-refractivity contribution in [2.24, 2.45) is 0 Å². The SMILES string of the molecule is N#CC1(N2CCCNCC2)CCNC1. The third-order valence-corrected chi connectivity index (χ3v) is 3.29. The molecule has 0 amide bonds. The Morgan fingerprint density at radius 3 is 2.79 bits per heavy atom. The zero-order valence-corrected chi connectivity index (χ0v) is 8.55. The predicted octanol–water partition coefficient (Wildman–Crippen LogP) is -0.463. The van der Waals surface area contributed by atoms with Crippen LogP contribution in [0.1, 0.15) is 12.8 Å². The molecule has 0 aromatic carbocycles. The predicted molar refractivity (Wildman–Crippen MR) is 54.9 cm³/mol. The summed E-state index contributed by atoms with van der Waals surface area (Å²) in [6.45, 7) is 5.99. The Balaban J connectivity index is 2.06. The molecule has 0 spiro atoms. The molecule has 1 unspecified atom stereocenters. The summed E-state index contributed by atoms with van der Waals surface area (Å²) in [5, 5.41) is 16.0. The quantitative estimate of drug-likeness (QED) is 0.593. The molecule has 0 aromatic rings. The number of nitrogens with one attached hydrogen (secondary N) is 2. The number of nitrogens with zero attached hydrogens (tertiary/aromatic N) is 2. The van der Waals surface area contributed by atoms with Crippen LogP contribution >= 0.6 is 0 Å². The molecule has 0 radical (unpaired) electrons. The minimum Gasteiger partial charge on any atom is -0.315 e. The average Bonchev–Trinajstić information content (AvgIpc) is 2.54.